The normalized spacial score (nSPS) is 10.5. The summed E-state index contributed by atoms with van der Waals surface area (Å²) < 4.78 is 4.97. The summed E-state index contributed by atoms with van der Waals surface area (Å²) in [6.45, 7) is 1.54. The number of aromatic nitrogens is 9. The van der Waals surface area contributed by atoms with Gasteiger partial charge in [0.2, 0.25) is 0 Å². The molecular weight excluding hydrogens is 522 g/mol. The van der Waals surface area contributed by atoms with Gasteiger partial charge in [-0.25, -0.2) is 0 Å². The number of nitrogens with zero attached hydrogens (tertiary/aromatic N) is 11. The Balaban J connectivity index is 0.000000136. The maximum Gasteiger partial charge on any atom is 0.299 e. The lowest BCUT2D eigenvalue weighted by Crippen LogP contribution is -1.97. The van der Waals surface area contributed by atoms with Crippen LogP contribution in [0.3, 0.4) is 0 Å². The molecule has 0 aliphatic heterocycles. The van der Waals surface area contributed by atoms with Gasteiger partial charge in [0.05, 0.1) is 22.5 Å². The molecule has 0 aliphatic rings. The molecule has 19 heteroatoms. The summed E-state index contributed by atoms with van der Waals surface area (Å²) in [5, 5.41) is 69.3. The van der Waals surface area contributed by atoms with Gasteiger partial charge in [-0.1, -0.05) is 20.6 Å². The van der Waals surface area contributed by atoms with Crippen molar-refractivity contribution in [2.45, 2.75) is 6.92 Å². The van der Waals surface area contributed by atoms with E-state index in [4.69, 9.17) is 15.2 Å². The highest BCUT2D eigenvalue weighted by atomic mass is 16.6. The number of ether oxygens (including phenoxy) is 1. The molecule has 3 aromatic carbocycles. The summed E-state index contributed by atoms with van der Waals surface area (Å²) in [5.74, 6) is 0.667. The van der Waals surface area contributed by atoms with E-state index in [0.29, 0.717) is 37.6 Å². The molecule has 200 valence electrons. The van der Waals surface area contributed by atoms with Gasteiger partial charge in [-0.3, -0.25) is 20.2 Å². The lowest BCUT2D eigenvalue weighted by molar-refractivity contribution is -0.385. The first-order valence-electron chi connectivity index (χ1n) is 10.6. The first kappa shape index (κ1) is 25.9. The van der Waals surface area contributed by atoms with E-state index in [-0.39, 0.29) is 27.9 Å². The largest absolute Gasteiger partial charge is 0.497 e. The molecule has 6 rings (SSSR count). The maximum absolute atomic E-state index is 10.6. The Bertz CT molecular complexity index is 1830. The second kappa shape index (κ2) is 10.5. The van der Waals surface area contributed by atoms with Crippen molar-refractivity contribution in [1.82, 2.24) is 45.5 Å². The van der Waals surface area contributed by atoms with Crippen LogP contribution in [0.25, 0.3) is 33.1 Å². The highest BCUT2D eigenvalue weighted by Crippen LogP contribution is 2.25. The Kier molecular flexibility index (Phi) is 6.96. The van der Waals surface area contributed by atoms with Gasteiger partial charge in [0.15, 0.2) is 5.52 Å². The third kappa shape index (κ3) is 5.07. The SMILES string of the molecule is COc1ccc2nnn(O)c2c1.Cc1c([N+](=O)[O-])ccc2nnn(O)c12.O=[N+]([O-])c1cccc2c1nnn2O. The Morgan fingerprint density at radius 1 is 0.769 bits per heavy atom. The maximum atomic E-state index is 10.6. The summed E-state index contributed by atoms with van der Waals surface area (Å²) in [5.41, 5.74) is 2.28. The number of hydrogen-bond acceptors (Lipinski definition) is 14. The van der Waals surface area contributed by atoms with Crippen molar-refractivity contribution in [3.8, 4) is 5.75 Å². The van der Waals surface area contributed by atoms with Crippen molar-refractivity contribution in [2.75, 3.05) is 7.11 Å². The highest BCUT2D eigenvalue weighted by molar-refractivity contribution is 5.83. The monoisotopic (exact) mass is 539 g/mol. The molecule has 0 spiro atoms. The Labute approximate surface area is 214 Å². The minimum atomic E-state index is -0.572. The smallest absolute Gasteiger partial charge is 0.299 e. The van der Waals surface area contributed by atoms with Crippen molar-refractivity contribution in [3.05, 3.63) is 74.3 Å². The van der Waals surface area contributed by atoms with Gasteiger partial charge in [0, 0.05) is 18.2 Å². The van der Waals surface area contributed by atoms with E-state index >= 15 is 0 Å². The number of fused-ring (bicyclic) bond motifs is 3. The molecule has 6 aromatic rings. The fraction of sp³-hybridized carbons (Fsp3) is 0.100. The number of aryl methyl sites for hydroxylation is 1. The van der Waals surface area contributed by atoms with Crippen LogP contribution < -0.4 is 4.74 Å². The van der Waals surface area contributed by atoms with Gasteiger partial charge in [0.1, 0.15) is 33.3 Å². The summed E-state index contributed by atoms with van der Waals surface area (Å²) in [4.78, 5) is 21.7. The van der Waals surface area contributed by atoms with Crippen molar-refractivity contribution < 1.29 is 30.2 Å². The molecule has 0 fully saturated rings. The van der Waals surface area contributed by atoms with Crippen LogP contribution in [0.5, 0.6) is 5.75 Å². The lowest BCUT2D eigenvalue weighted by atomic mass is 10.1. The van der Waals surface area contributed by atoms with Gasteiger partial charge in [-0.05, 0) is 46.8 Å². The first-order chi connectivity index (χ1) is 18.6. The molecule has 0 radical (unpaired) electrons. The van der Waals surface area contributed by atoms with Crippen LogP contribution in [0.2, 0.25) is 0 Å². The molecule has 0 bridgehead atoms. The van der Waals surface area contributed by atoms with E-state index in [1.165, 1.54) is 37.3 Å². The summed E-state index contributed by atoms with van der Waals surface area (Å²) in [6, 6.07) is 12.2. The van der Waals surface area contributed by atoms with E-state index in [1.807, 2.05) is 0 Å². The van der Waals surface area contributed by atoms with Crippen molar-refractivity contribution in [1.29, 1.82) is 0 Å². The van der Waals surface area contributed by atoms with Crippen LogP contribution in [-0.2, 0) is 0 Å². The van der Waals surface area contributed by atoms with Gasteiger partial charge in [0.25, 0.3) is 11.4 Å². The molecule has 0 saturated heterocycles. The Hall–Kier alpha value is -6.14. The predicted octanol–water partition coefficient (Wildman–Crippen LogP) is 2.14. The standard InChI is InChI=1S/C7H6N4O3.C7H7N3O2.C6H4N4O3/c1-4-6(11(13)14)3-2-5-7(4)10(12)9-8-5;1-12-5-2-3-6-7(4-5)10(11)9-8-6;11-9-4-2-1-3-5(10(12)13)6(4)7-8-9/h2-3,12H,1H3;2-4,11H,1H3;1-3,11H. The second-order valence-electron chi connectivity index (χ2n) is 7.53. The molecule has 0 amide bonds. The third-order valence-electron chi connectivity index (χ3n) is 5.29. The predicted molar refractivity (Wildman–Crippen MR) is 129 cm³/mol. The van der Waals surface area contributed by atoms with E-state index in [1.54, 1.807) is 25.3 Å². The van der Waals surface area contributed by atoms with E-state index in [9.17, 15) is 25.4 Å². The molecule has 3 heterocycles. The fourth-order valence-electron chi connectivity index (χ4n) is 3.42. The summed E-state index contributed by atoms with van der Waals surface area (Å²) >= 11 is 0. The average Bonchev–Trinajstić information content (AvgIpc) is 3.61. The fourth-order valence-corrected chi connectivity index (χ4v) is 3.42. The van der Waals surface area contributed by atoms with Gasteiger partial charge >= 0.3 is 0 Å². The summed E-state index contributed by atoms with van der Waals surface area (Å²) in [7, 11) is 1.56. The van der Waals surface area contributed by atoms with E-state index in [0.717, 1.165) is 4.85 Å². The first-order valence-corrected chi connectivity index (χ1v) is 10.6. The van der Waals surface area contributed by atoms with Crippen molar-refractivity contribution in [3.63, 3.8) is 0 Å². The van der Waals surface area contributed by atoms with Gasteiger partial charge < -0.3 is 20.4 Å². The number of benzene rings is 3. The van der Waals surface area contributed by atoms with Crippen LogP contribution in [0.1, 0.15) is 5.56 Å². The molecule has 39 heavy (non-hydrogen) atoms. The number of methoxy groups -OCH3 is 1. The quantitative estimate of drug-likeness (QED) is 0.166. The van der Waals surface area contributed by atoms with Crippen molar-refractivity contribution in [2.24, 2.45) is 0 Å². The van der Waals surface area contributed by atoms with Gasteiger partial charge in [-0.2, -0.15) is 0 Å². The Morgan fingerprint density at radius 3 is 2.08 bits per heavy atom. The number of nitro benzene ring substituents is 2. The zero-order valence-corrected chi connectivity index (χ0v) is 19.9. The van der Waals surface area contributed by atoms with Crippen LogP contribution >= 0.6 is 0 Å². The molecule has 3 aromatic heterocycles. The molecule has 0 atom stereocenters. The van der Waals surface area contributed by atoms with Gasteiger partial charge in [-0.15, -0.1) is 15.3 Å². The summed E-state index contributed by atoms with van der Waals surface area (Å²) in [6.07, 6.45) is 0. The number of rotatable bonds is 3. The zero-order valence-electron chi connectivity index (χ0n) is 19.9. The van der Waals surface area contributed by atoms with E-state index in [2.05, 4.69) is 30.9 Å². The zero-order chi connectivity index (χ0) is 28.3. The molecule has 0 aliphatic carbocycles. The minimum absolute atomic E-state index is 0.0601. The van der Waals surface area contributed by atoms with Crippen LogP contribution in [-0.4, -0.2) is 78.0 Å². The molecular formula is C20H17N11O8. The number of nitro groups is 2. The highest BCUT2D eigenvalue weighted by Gasteiger charge is 2.17. The Morgan fingerprint density at radius 2 is 1.38 bits per heavy atom. The third-order valence-corrected chi connectivity index (χ3v) is 5.29. The number of non-ortho nitro benzene ring substituents is 1. The average molecular weight is 539 g/mol. The second-order valence-corrected chi connectivity index (χ2v) is 7.53. The van der Waals surface area contributed by atoms with Crippen molar-refractivity contribution >= 4 is 44.5 Å². The molecule has 3 N–H and O–H groups in total. The lowest BCUT2D eigenvalue weighted by Gasteiger charge is -1.97. The topological polar surface area (TPSA) is 248 Å². The minimum Gasteiger partial charge on any atom is -0.497 e. The number of hydrogen-bond donors (Lipinski definition) is 3. The van der Waals surface area contributed by atoms with Crippen LogP contribution in [0.4, 0.5) is 11.4 Å². The van der Waals surface area contributed by atoms with Crippen LogP contribution in [0.15, 0.2) is 48.5 Å². The molecule has 19 nitrogen and oxygen atoms in total. The molecule has 0 saturated carbocycles. The molecule has 0 unspecified atom stereocenters. The van der Waals surface area contributed by atoms with Crippen LogP contribution in [0, 0.1) is 27.2 Å². The van der Waals surface area contributed by atoms with E-state index < -0.39 is 9.85 Å².